The number of halogens is 1. The second-order valence-electron chi connectivity index (χ2n) is 6.05. The lowest BCUT2D eigenvalue weighted by molar-refractivity contribution is 0.292. The van der Waals surface area contributed by atoms with Gasteiger partial charge in [-0.1, -0.05) is 25.1 Å². The molecular formula is C23H22BrNO3. The lowest BCUT2D eigenvalue weighted by Crippen LogP contribution is -1.99. The van der Waals surface area contributed by atoms with Gasteiger partial charge in [-0.25, -0.2) is 0 Å². The van der Waals surface area contributed by atoms with Crippen LogP contribution in [-0.4, -0.2) is 19.9 Å². The van der Waals surface area contributed by atoms with Crippen LogP contribution in [0, 0.1) is 0 Å². The standard InChI is InChI=1S/C23H22BrNO3/c1-3-13-27-23-21(24)14-17(15-22(23)26-2)16-25-18-9-11-20(12-10-18)28-19-7-5-4-6-8-19/h4-12,14-16H,3,13H2,1-2H3. The Morgan fingerprint density at radius 3 is 2.36 bits per heavy atom. The van der Waals surface area contributed by atoms with Crippen molar-refractivity contribution >= 4 is 27.8 Å². The summed E-state index contributed by atoms with van der Waals surface area (Å²) in [6.45, 7) is 2.71. The molecule has 3 aromatic rings. The first kappa shape index (κ1) is 20.0. The second kappa shape index (κ2) is 9.95. The van der Waals surface area contributed by atoms with E-state index in [9.17, 15) is 0 Å². The molecule has 0 aliphatic rings. The molecule has 4 nitrogen and oxygen atoms in total. The fraction of sp³-hybridized carbons (Fsp3) is 0.174. The average Bonchev–Trinajstić information content (AvgIpc) is 2.73. The number of nitrogens with zero attached hydrogens (tertiary/aromatic N) is 1. The minimum atomic E-state index is 0.639. The summed E-state index contributed by atoms with van der Waals surface area (Å²) in [7, 11) is 1.63. The monoisotopic (exact) mass is 439 g/mol. The normalized spacial score (nSPS) is 10.8. The molecule has 0 aliphatic carbocycles. The van der Waals surface area contributed by atoms with E-state index in [0.717, 1.165) is 33.6 Å². The van der Waals surface area contributed by atoms with Crippen molar-refractivity contribution in [3.8, 4) is 23.0 Å². The third kappa shape index (κ3) is 5.36. The molecule has 0 N–H and O–H groups in total. The fourth-order valence-electron chi connectivity index (χ4n) is 2.53. The van der Waals surface area contributed by atoms with E-state index < -0.39 is 0 Å². The summed E-state index contributed by atoms with van der Waals surface area (Å²) in [5, 5.41) is 0. The van der Waals surface area contributed by atoms with Gasteiger partial charge in [0.15, 0.2) is 11.5 Å². The smallest absolute Gasteiger partial charge is 0.175 e. The zero-order chi connectivity index (χ0) is 19.8. The highest BCUT2D eigenvalue weighted by atomic mass is 79.9. The van der Waals surface area contributed by atoms with E-state index in [1.807, 2.05) is 66.7 Å². The van der Waals surface area contributed by atoms with Gasteiger partial charge in [0.2, 0.25) is 0 Å². The van der Waals surface area contributed by atoms with E-state index in [4.69, 9.17) is 14.2 Å². The van der Waals surface area contributed by atoms with Crippen LogP contribution < -0.4 is 14.2 Å². The summed E-state index contributed by atoms with van der Waals surface area (Å²) in [6, 6.07) is 21.2. The Balaban J connectivity index is 1.71. The number of benzene rings is 3. The van der Waals surface area contributed by atoms with Crippen molar-refractivity contribution in [3.05, 3.63) is 76.8 Å². The summed E-state index contributed by atoms with van der Waals surface area (Å²) in [4.78, 5) is 4.54. The van der Waals surface area contributed by atoms with Gasteiger partial charge in [0.1, 0.15) is 11.5 Å². The third-order valence-corrected chi connectivity index (χ3v) is 4.47. The van der Waals surface area contributed by atoms with Crippen LogP contribution in [0.3, 0.4) is 0 Å². The lowest BCUT2D eigenvalue weighted by Gasteiger charge is -2.12. The fourth-order valence-corrected chi connectivity index (χ4v) is 3.11. The van der Waals surface area contributed by atoms with Crippen molar-refractivity contribution in [2.75, 3.05) is 13.7 Å². The highest BCUT2D eigenvalue weighted by molar-refractivity contribution is 9.10. The molecule has 0 radical (unpaired) electrons. The Kier molecular flexibility index (Phi) is 7.09. The Morgan fingerprint density at radius 1 is 0.964 bits per heavy atom. The molecule has 0 atom stereocenters. The van der Waals surface area contributed by atoms with Crippen LogP contribution in [0.2, 0.25) is 0 Å². The minimum Gasteiger partial charge on any atom is -0.493 e. The van der Waals surface area contributed by atoms with Crippen LogP contribution in [0.15, 0.2) is 76.2 Å². The number of methoxy groups -OCH3 is 1. The van der Waals surface area contributed by atoms with Crippen LogP contribution in [0.4, 0.5) is 5.69 Å². The zero-order valence-electron chi connectivity index (χ0n) is 15.9. The van der Waals surface area contributed by atoms with E-state index in [1.165, 1.54) is 0 Å². The first-order valence-electron chi connectivity index (χ1n) is 9.07. The second-order valence-corrected chi connectivity index (χ2v) is 6.90. The SMILES string of the molecule is CCCOc1c(Br)cc(C=Nc2ccc(Oc3ccccc3)cc2)cc1OC. The van der Waals surface area contributed by atoms with Crippen molar-refractivity contribution in [1.82, 2.24) is 0 Å². The number of hydrogen-bond donors (Lipinski definition) is 0. The van der Waals surface area contributed by atoms with Gasteiger partial charge in [-0.15, -0.1) is 0 Å². The van der Waals surface area contributed by atoms with Gasteiger partial charge >= 0.3 is 0 Å². The predicted molar refractivity (Wildman–Crippen MR) is 117 cm³/mol. The van der Waals surface area contributed by atoms with E-state index in [-0.39, 0.29) is 0 Å². The molecule has 0 unspecified atom stereocenters. The Morgan fingerprint density at radius 2 is 1.68 bits per heavy atom. The predicted octanol–water partition coefficient (Wildman–Crippen LogP) is 6.79. The van der Waals surface area contributed by atoms with Crippen molar-refractivity contribution < 1.29 is 14.2 Å². The minimum absolute atomic E-state index is 0.639. The first-order valence-corrected chi connectivity index (χ1v) is 9.86. The average molecular weight is 440 g/mol. The molecule has 0 saturated carbocycles. The summed E-state index contributed by atoms with van der Waals surface area (Å²) >= 11 is 3.55. The number of aliphatic imine (C=N–C) groups is 1. The molecule has 0 aliphatic heterocycles. The molecule has 0 saturated heterocycles. The molecule has 0 bridgehead atoms. The highest BCUT2D eigenvalue weighted by Crippen LogP contribution is 2.36. The summed E-state index contributed by atoms with van der Waals surface area (Å²) in [5.74, 6) is 2.97. The van der Waals surface area contributed by atoms with Gasteiger partial charge in [-0.3, -0.25) is 4.99 Å². The number of rotatable bonds is 8. The molecule has 0 amide bonds. The quantitative estimate of drug-likeness (QED) is 0.362. The molecule has 5 heteroatoms. The van der Waals surface area contributed by atoms with Gasteiger partial charge in [0.25, 0.3) is 0 Å². The molecule has 3 aromatic carbocycles. The van der Waals surface area contributed by atoms with E-state index >= 15 is 0 Å². The zero-order valence-corrected chi connectivity index (χ0v) is 17.5. The summed E-state index contributed by atoms with van der Waals surface area (Å²) < 4.78 is 17.9. The molecule has 3 rings (SSSR count). The van der Waals surface area contributed by atoms with Crippen LogP contribution in [0.25, 0.3) is 0 Å². The van der Waals surface area contributed by atoms with Gasteiger partial charge in [0.05, 0.1) is 23.9 Å². The van der Waals surface area contributed by atoms with E-state index in [2.05, 4.69) is 27.8 Å². The molecule has 0 spiro atoms. The van der Waals surface area contributed by atoms with E-state index in [0.29, 0.717) is 18.1 Å². The maximum Gasteiger partial charge on any atom is 0.175 e. The van der Waals surface area contributed by atoms with Crippen LogP contribution >= 0.6 is 15.9 Å². The first-order chi connectivity index (χ1) is 13.7. The largest absolute Gasteiger partial charge is 0.493 e. The Hall–Kier alpha value is -2.79. The van der Waals surface area contributed by atoms with Crippen LogP contribution in [0.5, 0.6) is 23.0 Å². The Labute approximate surface area is 173 Å². The molecule has 28 heavy (non-hydrogen) atoms. The molecule has 0 aromatic heterocycles. The third-order valence-electron chi connectivity index (χ3n) is 3.88. The van der Waals surface area contributed by atoms with Gasteiger partial charge in [-0.05, 0) is 76.4 Å². The van der Waals surface area contributed by atoms with Crippen molar-refractivity contribution in [2.24, 2.45) is 4.99 Å². The van der Waals surface area contributed by atoms with Gasteiger partial charge in [-0.2, -0.15) is 0 Å². The van der Waals surface area contributed by atoms with Crippen molar-refractivity contribution in [2.45, 2.75) is 13.3 Å². The Bertz CT molecular complexity index is 925. The molecule has 144 valence electrons. The molecular weight excluding hydrogens is 418 g/mol. The topological polar surface area (TPSA) is 40.0 Å². The number of hydrogen-bond acceptors (Lipinski definition) is 4. The number of ether oxygens (including phenoxy) is 3. The van der Waals surface area contributed by atoms with Crippen molar-refractivity contribution in [3.63, 3.8) is 0 Å². The van der Waals surface area contributed by atoms with Gasteiger partial charge in [0, 0.05) is 6.21 Å². The number of para-hydroxylation sites is 1. The molecule has 0 fully saturated rings. The summed E-state index contributed by atoms with van der Waals surface area (Å²) in [6.07, 6.45) is 2.73. The lowest BCUT2D eigenvalue weighted by atomic mass is 10.2. The highest BCUT2D eigenvalue weighted by Gasteiger charge is 2.10. The van der Waals surface area contributed by atoms with Crippen LogP contribution in [0.1, 0.15) is 18.9 Å². The van der Waals surface area contributed by atoms with Crippen LogP contribution in [-0.2, 0) is 0 Å². The summed E-state index contributed by atoms with van der Waals surface area (Å²) in [5.41, 5.74) is 1.75. The maximum absolute atomic E-state index is 5.80. The van der Waals surface area contributed by atoms with Gasteiger partial charge < -0.3 is 14.2 Å². The molecule has 0 heterocycles. The maximum atomic E-state index is 5.80. The van der Waals surface area contributed by atoms with E-state index in [1.54, 1.807) is 13.3 Å². The van der Waals surface area contributed by atoms with Crippen molar-refractivity contribution in [1.29, 1.82) is 0 Å².